The number of anilines is 1. The number of phenolic OH excluding ortho intramolecular Hbond substituents is 1. The third-order valence-corrected chi connectivity index (χ3v) is 5.92. The van der Waals surface area contributed by atoms with Crippen molar-refractivity contribution in [2.45, 2.75) is 6.42 Å². The molecule has 6 aromatic rings. The summed E-state index contributed by atoms with van der Waals surface area (Å²) in [4.78, 5) is 4.59. The van der Waals surface area contributed by atoms with Gasteiger partial charge in [0.25, 0.3) is 0 Å². The highest BCUT2D eigenvalue weighted by Crippen LogP contribution is 2.30. The Bertz CT molecular complexity index is 1610. The Balaban J connectivity index is 1.38. The largest absolute Gasteiger partial charge is 0.508 e. The van der Waals surface area contributed by atoms with Gasteiger partial charge < -0.3 is 5.11 Å². The van der Waals surface area contributed by atoms with E-state index in [1.165, 1.54) is 0 Å². The van der Waals surface area contributed by atoms with E-state index in [9.17, 15) is 5.11 Å². The Kier molecular flexibility index (Phi) is 4.88. The van der Waals surface area contributed by atoms with Gasteiger partial charge in [-0.1, -0.05) is 60.7 Å². The van der Waals surface area contributed by atoms with Crippen LogP contribution in [0.2, 0.25) is 0 Å². The lowest BCUT2D eigenvalue weighted by Crippen LogP contribution is -2.06. The minimum absolute atomic E-state index is 0.256. The molecule has 0 aliphatic heterocycles. The average Bonchev–Trinajstić information content (AvgIpc) is 3.28. The fraction of sp³-hybridized carbons (Fsp3) is 0.0357. The highest BCUT2D eigenvalue weighted by Gasteiger charge is 2.13. The van der Waals surface area contributed by atoms with Gasteiger partial charge in [0.05, 0.1) is 22.4 Å². The Morgan fingerprint density at radius 3 is 2.35 bits per heavy atom. The van der Waals surface area contributed by atoms with E-state index in [4.69, 9.17) is 0 Å². The molecule has 2 N–H and O–H groups in total. The molecule has 4 aromatic carbocycles. The van der Waals surface area contributed by atoms with Crippen LogP contribution in [0.15, 0.2) is 103 Å². The van der Waals surface area contributed by atoms with Gasteiger partial charge in [0.1, 0.15) is 17.8 Å². The lowest BCUT2D eigenvalue weighted by Gasteiger charge is -2.11. The van der Waals surface area contributed by atoms with Crippen LogP contribution in [0.4, 0.5) is 5.69 Å². The van der Waals surface area contributed by atoms with E-state index in [0.717, 1.165) is 50.0 Å². The van der Waals surface area contributed by atoms with Gasteiger partial charge in [-0.15, -0.1) is 5.10 Å². The van der Waals surface area contributed by atoms with Gasteiger partial charge in [0.2, 0.25) is 0 Å². The number of benzene rings is 4. The molecule has 2 aromatic heterocycles. The summed E-state index contributed by atoms with van der Waals surface area (Å²) in [6, 6.07) is 31.6. The first-order chi connectivity index (χ1) is 16.7. The number of fused-ring (bicyclic) bond motifs is 2. The summed E-state index contributed by atoms with van der Waals surface area (Å²) in [7, 11) is 0. The molecule has 0 fully saturated rings. The predicted octanol–water partition coefficient (Wildman–Crippen LogP) is 5.82. The predicted molar refractivity (Wildman–Crippen MR) is 135 cm³/mol. The highest BCUT2D eigenvalue weighted by molar-refractivity contribution is 5.97. The van der Waals surface area contributed by atoms with E-state index in [0.29, 0.717) is 6.42 Å². The van der Waals surface area contributed by atoms with Crippen LogP contribution in [0.25, 0.3) is 33.1 Å². The molecule has 0 amide bonds. The van der Waals surface area contributed by atoms with Crippen LogP contribution in [-0.2, 0) is 6.42 Å². The number of phenols is 1. The zero-order valence-electron chi connectivity index (χ0n) is 18.3. The molecule has 34 heavy (non-hydrogen) atoms. The quantitative estimate of drug-likeness (QED) is 0.351. The number of aromatic nitrogens is 4. The summed E-state index contributed by atoms with van der Waals surface area (Å²) in [5, 5.41) is 20.9. The summed E-state index contributed by atoms with van der Waals surface area (Å²) in [5.41, 5.74) is 9.99. The highest BCUT2D eigenvalue weighted by atomic mass is 16.3. The van der Waals surface area contributed by atoms with Crippen LogP contribution in [0.5, 0.6) is 5.75 Å². The molecule has 0 aliphatic rings. The van der Waals surface area contributed by atoms with Crippen LogP contribution in [0, 0.1) is 0 Å². The van der Waals surface area contributed by atoms with Crippen LogP contribution < -0.4 is 5.43 Å². The van der Waals surface area contributed by atoms with Crippen molar-refractivity contribution >= 4 is 27.5 Å². The monoisotopic (exact) mass is 443 g/mol. The first-order valence-electron chi connectivity index (χ1n) is 11.1. The molecule has 0 atom stereocenters. The van der Waals surface area contributed by atoms with Crippen molar-refractivity contribution in [2.24, 2.45) is 0 Å². The van der Waals surface area contributed by atoms with E-state index in [1.54, 1.807) is 18.5 Å². The summed E-state index contributed by atoms with van der Waals surface area (Å²) in [6.07, 6.45) is 2.43. The third-order valence-electron chi connectivity index (χ3n) is 5.92. The maximum atomic E-state index is 9.57. The third kappa shape index (κ3) is 3.71. The number of hydrogen-bond acceptors (Lipinski definition) is 5. The molecule has 0 spiro atoms. The van der Waals surface area contributed by atoms with Crippen LogP contribution in [0.1, 0.15) is 11.3 Å². The zero-order chi connectivity index (χ0) is 22.9. The van der Waals surface area contributed by atoms with E-state index < -0.39 is 0 Å². The number of nitrogens with one attached hydrogen (secondary N) is 1. The molecule has 0 saturated heterocycles. The minimum atomic E-state index is 0.256. The molecular formula is C28H21N5O. The number of rotatable bonds is 5. The number of aromatic hydroxyl groups is 1. The van der Waals surface area contributed by atoms with Crippen molar-refractivity contribution in [3.05, 3.63) is 115 Å². The van der Waals surface area contributed by atoms with Crippen molar-refractivity contribution < 1.29 is 5.11 Å². The molecule has 0 aliphatic carbocycles. The number of nitrogens with zero attached hydrogens (tertiary/aromatic N) is 4. The van der Waals surface area contributed by atoms with Gasteiger partial charge in [0, 0.05) is 22.8 Å². The zero-order valence-corrected chi connectivity index (χ0v) is 18.3. The second-order valence-corrected chi connectivity index (χ2v) is 8.18. The molecule has 164 valence electrons. The number of hydrogen-bond donors (Lipinski definition) is 2. The first-order valence-corrected chi connectivity index (χ1v) is 11.1. The second-order valence-electron chi connectivity index (χ2n) is 8.18. The average molecular weight is 444 g/mol. The van der Waals surface area contributed by atoms with Gasteiger partial charge in [-0.3, -0.25) is 5.43 Å². The topological polar surface area (TPSA) is 75.9 Å². The van der Waals surface area contributed by atoms with Crippen molar-refractivity contribution in [2.75, 3.05) is 5.43 Å². The van der Waals surface area contributed by atoms with Crippen LogP contribution in [-0.4, -0.2) is 25.0 Å². The number of imidazole rings is 1. The molecular weight excluding hydrogens is 422 g/mol. The van der Waals surface area contributed by atoms with Gasteiger partial charge >= 0.3 is 0 Å². The van der Waals surface area contributed by atoms with Crippen LogP contribution >= 0.6 is 0 Å². The van der Waals surface area contributed by atoms with Crippen molar-refractivity contribution in [1.29, 1.82) is 0 Å². The maximum absolute atomic E-state index is 9.57. The SMILES string of the molecule is Oc1ccc(Cc2nnc(-c3ccc4c(c3)ncn4Nc3ccccc3)c3ccccc23)cc1. The minimum Gasteiger partial charge on any atom is -0.508 e. The van der Waals surface area contributed by atoms with Gasteiger partial charge in [0.15, 0.2) is 0 Å². The molecule has 6 heteroatoms. The standard InChI is InChI=1S/C28H21N5O/c34-22-13-10-19(11-14-22)16-25-23-8-4-5-9-24(23)28(31-30-25)20-12-15-27-26(17-20)29-18-33(27)32-21-6-2-1-3-7-21/h1-15,17-18,32,34H,16H2. The van der Waals surface area contributed by atoms with E-state index in [1.807, 2.05) is 59.3 Å². The van der Waals surface area contributed by atoms with E-state index >= 15 is 0 Å². The molecule has 0 unspecified atom stereocenters. The van der Waals surface area contributed by atoms with E-state index in [2.05, 4.69) is 50.9 Å². The Morgan fingerprint density at radius 2 is 1.53 bits per heavy atom. The van der Waals surface area contributed by atoms with E-state index in [-0.39, 0.29) is 5.75 Å². The molecule has 0 bridgehead atoms. The molecule has 0 radical (unpaired) electrons. The van der Waals surface area contributed by atoms with Crippen molar-refractivity contribution in [3.8, 4) is 17.0 Å². The summed E-state index contributed by atoms with van der Waals surface area (Å²) in [5.74, 6) is 0.256. The molecule has 2 heterocycles. The van der Waals surface area contributed by atoms with Gasteiger partial charge in [-0.05, 0) is 42.0 Å². The lowest BCUT2D eigenvalue weighted by atomic mass is 10.00. The van der Waals surface area contributed by atoms with Gasteiger partial charge in [-0.25, -0.2) is 9.66 Å². The van der Waals surface area contributed by atoms with Crippen LogP contribution in [0.3, 0.4) is 0 Å². The Hall–Kier alpha value is -4.71. The maximum Gasteiger partial charge on any atom is 0.116 e. The smallest absolute Gasteiger partial charge is 0.116 e. The number of para-hydroxylation sites is 1. The summed E-state index contributed by atoms with van der Waals surface area (Å²) < 4.78 is 1.92. The van der Waals surface area contributed by atoms with Gasteiger partial charge in [-0.2, -0.15) is 5.10 Å². The van der Waals surface area contributed by atoms with Crippen molar-refractivity contribution in [3.63, 3.8) is 0 Å². The molecule has 0 saturated carbocycles. The fourth-order valence-electron chi connectivity index (χ4n) is 4.21. The molecule has 6 rings (SSSR count). The van der Waals surface area contributed by atoms with Crippen molar-refractivity contribution in [1.82, 2.24) is 19.9 Å². The summed E-state index contributed by atoms with van der Waals surface area (Å²) in [6.45, 7) is 0. The fourth-order valence-corrected chi connectivity index (χ4v) is 4.21. The lowest BCUT2D eigenvalue weighted by molar-refractivity contribution is 0.475. The molecule has 6 nitrogen and oxygen atoms in total. The Morgan fingerprint density at radius 1 is 0.765 bits per heavy atom. The summed E-state index contributed by atoms with van der Waals surface area (Å²) >= 11 is 0. The second kappa shape index (κ2) is 8.33. The Labute approximate surface area is 196 Å². The normalized spacial score (nSPS) is 11.2. The first kappa shape index (κ1) is 19.9.